The quantitative estimate of drug-likeness (QED) is 0.277. The van der Waals surface area contributed by atoms with Crippen molar-refractivity contribution in [2.75, 3.05) is 13.2 Å². The van der Waals surface area contributed by atoms with Gasteiger partial charge < -0.3 is 15.2 Å². The maximum Gasteiger partial charge on any atom is 0.305 e. The molecule has 1 atom stereocenters. The molecular formula is C30H37NO4S. The maximum atomic E-state index is 12.1. The third kappa shape index (κ3) is 7.69. The van der Waals surface area contributed by atoms with Gasteiger partial charge in [0, 0.05) is 11.4 Å². The maximum absolute atomic E-state index is 12.1. The standard InChI is InChI=1S/C30H37NO4S/c1-19(2)23-7-9-24(10-8-23)29-21(4)16-25(17-22(29)5)35-18-20(3)6-11-26-12-13-27(36-26)30(34)31-15-14-28(32)33/h7-10,12-13,16-17,19-20H,6,11,14-15,18H2,1-5H3,(H,31,34)(H,32,33). The number of rotatable bonds is 12. The van der Waals surface area contributed by atoms with Gasteiger partial charge in [0.25, 0.3) is 5.91 Å². The molecule has 0 saturated carbocycles. The van der Waals surface area contributed by atoms with E-state index in [4.69, 9.17) is 9.84 Å². The molecule has 6 heteroatoms. The number of amides is 1. The molecule has 1 heterocycles. The smallest absolute Gasteiger partial charge is 0.305 e. The lowest BCUT2D eigenvalue weighted by Gasteiger charge is -2.17. The van der Waals surface area contributed by atoms with Crippen LogP contribution in [0.1, 0.15) is 70.8 Å². The van der Waals surface area contributed by atoms with Crippen molar-refractivity contribution in [1.29, 1.82) is 0 Å². The highest BCUT2D eigenvalue weighted by atomic mass is 32.1. The van der Waals surface area contributed by atoms with Crippen LogP contribution >= 0.6 is 11.3 Å². The Morgan fingerprint density at radius 1 is 1.00 bits per heavy atom. The third-order valence-corrected chi connectivity index (χ3v) is 7.44. The Balaban J connectivity index is 1.51. The summed E-state index contributed by atoms with van der Waals surface area (Å²) in [6, 6.07) is 16.9. The lowest BCUT2D eigenvalue weighted by Crippen LogP contribution is -2.25. The van der Waals surface area contributed by atoms with E-state index in [1.54, 1.807) is 6.07 Å². The van der Waals surface area contributed by atoms with Gasteiger partial charge in [0.2, 0.25) is 0 Å². The first-order chi connectivity index (χ1) is 17.1. The van der Waals surface area contributed by atoms with Gasteiger partial charge in [0.05, 0.1) is 17.9 Å². The van der Waals surface area contributed by atoms with Crippen molar-refractivity contribution in [2.45, 2.75) is 59.8 Å². The third-order valence-electron chi connectivity index (χ3n) is 6.30. The van der Waals surface area contributed by atoms with Crippen LogP contribution in [0.5, 0.6) is 5.75 Å². The number of carboxylic acids is 1. The molecule has 5 nitrogen and oxygen atoms in total. The minimum Gasteiger partial charge on any atom is -0.493 e. The van der Waals surface area contributed by atoms with E-state index in [0.29, 0.717) is 23.3 Å². The molecule has 0 spiro atoms. The highest BCUT2D eigenvalue weighted by molar-refractivity contribution is 7.14. The minimum atomic E-state index is -0.920. The molecule has 192 valence electrons. The number of carboxylic acid groups (broad SMARTS) is 1. The molecule has 2 aromatic carbocycles. The molecule has 0 fully saturated rings. The van der Waals surface area contributed by atoms with E-state index in [2.05, 4.69) is 76.3 Å². The first-order valence-corrected chi connectivity index (χ1v) is 13.4. The lowest BCUT2D eigenvalue weighted by molar-refractivity contribution is -0.136. The van der Waals surface area contributed by atoms with Crippen LogP contribution in [0, 0.1) is 19.8 Å². The number of thiophene rings is 1. The normalized spacial score (nSPS) is 11.9. The Labute approximate surface area is 218 Å². The van der Waals surface area contributed by atoms with Gasteiger partial charge >= 0.3 is 5.97 Å². The number of aryl methyl sites for hydroxylation is 3. The summed E-state index contributed by atoms with van der Waals surface area (Å²) in [4.78, 5) is 24.5. The Morgan fingerprint density at radius 3 is 2.28 bits per heavy atom. The molecule has 36 heavy (non-hydrogen) atoms. The number of nitrogens with one attached hydrogen (secondary N) is 1. The predicted octanol–water partition coefficient (Wildman–Crippen LogP) is 7.01. The highest BCUT2D eigenvalue weighted by Crippen LogP contribution is 2.32. The molecule has 1 aromatic heterocycles. The van der Waals surface area contributed by atoms with E-state index in [1.165, 1.54) is 39.2 Å². The SMILES string of the molecule is Cc1cc(OCC(C)CCc2ccc(C(=O)NCCC(=O)O)s2)cc(C)c1-c1ccc(C(C)C)cc1. The van der Waals surface area contributed by atoms with E-state index in [-0.39, 0.29) is 18.9 Å². The first-order valence-electron chi connectivity index (χ1n) is 12.6. The van der Waals surface area contributed by atoms with Crippen LogP contribution in [-0.2, 0) is 11.2 Å². The molecule has 0 aliphatic rings. The number of hydrogen-bond donors (Lipinski definition) is 2. The second kappa shape index (κ2) is 12.7. The van der Waals surface area contributed by atoms with Crippen molar-refractivity contribution in [1.82, 2.24) is 5.32 Å². The van der Waals surface area contributed by atoms with Crippen LogP contribution in [0.2, 0.25) is 0 Å². The Kier molecular flexibility index (Phi) is 9.71. The molecule has 0 saturated heterocycles. The zero-order valence-electron chi connectivity index (χ0n) is 21.9. The van der Waals surface area contributed by atoms with E-state index in [9.17, 15) is 9.59 Å². The Morgan fingerprint density at radius 2 is 1.67 bits per heavy atom. The van der Waals surface area contributed by atoms with Crippen LogP contribution in [-0.4, -0.2) is 30.1 Å². The molecule has 0 aliphatic heterocycles. The fraction of sp³-hybridized carbons (Fsp3) is 0.400. The van der Waals surface area contributed by atoms with Crippen molar-refractivity contribution >= 4 is 23.2 Å². The van der Waals surface area contributed by atoms with Crippen LogP contribution in [0.15, 0.2) is 48.5 Å². The van der Waals surface area contributed by atoms with Crippen LogP contribution in [0.4, 0.5) is 0 Å². The molecule has 0 radical (unpaired) electrons. The molecule has 0 bridgehead atoms. The molecule has 2 N–H and O–H groups in total. The van der Waals surface area contributed by atoms with Crippen molar-refractivity contribution in [3.63, 3.8) is 0 Å². The topological polar surface area (TPSA) is 75.6 Å². The average Bonchev–Trinajstić information content (AvgIpc) is 3.30. The van der Waals surface area contributed by atoms with Gasteiger partial charge in [-0.2, -0.15) is 0 Å². The molecule has 0 aliphatic carbocycles. The fourth-order valence-electron chi connectivity index (χ4n) is 4.21. The van der Waals surface area contributed by atoms with Crippen molar-refractivity contribution in [2.24, 2.45) is 5.92 Å². The second-order valence-corrected chi connectivity index (χ2v) is 11.0. The largest absolute Gasteiger partial charge is 0.493 e. The second-order valence-electron chi connectivity index (χ2n) is 9.83. The van der Waals surface area contributed by atoms with Crippen molar-refractivity contribution in [3.05, 3.63) is 75.0 Å². The number of ether oxygens (including phenoxy) is 1. The van der Waals surface area contributed by atoms with Gasteiger partial charge in [-0.25, -0.2) is 0 Å². The zero-order chi connectivity index (χ0) is 26.2. The van der Waals surface area contributed by atoms with Crippen molar-refractivity contribution in [3.8, 4) is 16.9 Å². The van der Waals surface area contributed by atoms with Crippen molar-refractivity contribution < 1.29 is 19.4 Å². The van der Waals surface area contributed by atoms with E-state index >= 15 is 0 Å². The summed E-state index contributed by atoms with van der Waals surface area (Å²) in [6.45, 7) is 11.7. The minimum absolute atomic E-state index is 0.0747. The number of benzene rings is 2. The fourth-order valence-corrected chi connectivity index (χ4v) is 5.15. The van der Waals surface area contributed by atoms with E-state index in [0.717, 1.165) is 23.5 Å². The van der Waals surface area contributed by atoms with Crippen LogP contribution in [0.25, 0.3) is 11.1 Å². The zero-order valence-corrected chi connectivity index (χ0v) is 22.7. The van der Waals surface area contributed by atoms with Gasteiger partial charge in [-0.1, -0.05) is 45.0 Å². The lowest BCUT2D eigenvalue weighted by atomic mass is 9.93. The monoisotopic (exact) mass is 507 g/mol. The molecule has 3 aromatic rings. The molecule has 1 unspecified atom stereocenters. The Hall–Kier alpha value is -3.12. The molecule has 3 rings (SSSR count). The number of aliphatic carboxylic acids is 1. The summed E-state index contributed by atoms with van der Waals surface area (Å²) in [7, 11) is 0. The summed E-state index contributed by atoms with van der Waals surface area (Å²) in [5.74, 6) is 0.653. The summed E-state index contributed by atoms with van der Waals surface area (Å²) >= 11 is 1.46. The first kappa shape index (κ1) is 27.5. The van der Waals surface area contributed by atoms with Gasteiger partial charge in [0.1, 0.15) is 5.75 Å². The number of hydrogen-bond acceptors (Lipinski definition) is 4. The van der Waals surface area contributed by atoms with Gasteiger partial charge in [-0.15, -0.1) is 11.3 Å². The van der Waals surface area contributed by atoms with Crippen LogP contribution < -0.4 is 10.1 Å². The van der Waals surface area contributed by atoms with E-state index < -0.39 is 5.97 Å². The van der Waals surface area contributed by atoms with Gasteiger partial charge in [0.15, 0.2) is 0 Å². The van der Waals surface area contributed by atoms with Crippen LogP contribution in [0.3, 0.4) is 0 Å². The molecular weight excluding hydrogens is 470 g/mol. The summed E-state index contributed by atoms with van der Waals surface area (Å²) in [5, 5.41) is 11.3. The van der Waals surface area contributed by atoms with Gasteiger partial charge in [-0.3, -0.25) is 9.59 Å². The summed E-state index contributed by atoms with van der Waals surface area (Å²) in [5.41, 5.74) is 6.28. The summed E-state index contributed by atoms with van der Waals surface area (Å²) in [6.07, 6.45) is 1.76. The average molecular weight is 508 g/mol. The number of carbonyl (C=O) groups is 2. The summed E-state index contributed by atoms with van der Waals surface area (Å²) < 4.78 is 6.16. The highest BCUT2D eigenvalue weighted by Gasteiger charge is 2.13. The number of carbonyl (C=O) groups excluding carboxylic acids is 1. The predicted molar refractivity (Wildman–Crippen MR) is 147 cm³/mol. The Bertz CT molecular complexity index is 1160. The molecule has 1 amide bonds. The van der Waals surface area contributed by atoms with Gasteiger partial charge in [-0.05, 0) is 90.6 Å². The van der Waals surface area contributed by atoms with E-state index in [1.807, 2.05) is 6.07 Å².